The van der Waals surface area contributed by atoms with Crippen LogP contribution in [0.5, 0.6) is 0 Å². The molecule has 3 aliphatic rings. The van der Waals surface area contributed by atoms with Crippen LogP contribution in [0.25, 0.3) is 6.08 Å². The smallest absolute Gasteiger partial charge is 0.407 e. The Bertz CT molecular complexity index is 1920. The van der Waals surface area contributed by atoms with Gasteiger partial charge in [0, 0.05) is 61.8 Å². The van der Waals surface area contributed by atoms with Gasteiger partial charge >= 0.3 is 6.09 Å². The van der Waals surface area contributed by atoms with E-state index in [-0.39, 0.29) is 33.6 Å². The molecule has 2 saturated heterocycles. The molecule has 1 unspecified atom stereocenters. The van der Waals surface area contributed by atoms with E-state index in [2.05, 4.69) is 36.2 Å². The number of carbonyl (C=O) groups excluding carboxylic acids is 1. The maximum Gasteiger partial charge on any atom is 0.407 e. The minimum Gasteiger partial charge on any atom is -0.453 e. The zero-order chi connectivity index (χ0) is 35.6. The lowest BCUT2D eigenvalue weighted by Gasteiger charge is -2.52. The predicted octanol–water partition coefficient (Wildman–Crippen LogP) is 6.01. The van der Waals surface area contributed by atoms with Crippen molar-refractivity contribution in [3.8, 4) is 0 Å². The Morgan fingerprint density at radius 3 is 2.51 bits per heavy atom. The second-order valence-corrected chi connectivity index (χ2v) is 16.0. The molecule has 4 aromatic rings. The van der Waals surface area contributed by atoms with Crippen LogP contribution in [0.4, 0.5) is 14.9 Å². The summed E-state index contributed by atoms with van der Waals surface area (Å²) in [4.78, 5) is 26.1. The van der Waals surface area contributed by atoms with E-state index in [4.69, 9.17) is 4.74 Å². The SMILES string of the molecule is C=Cc1ccc(S(=O)(=O)c2ccc(N3CC(CN4CCC(C(c5cccc(F)c5)([C@H]5CCC[C@@H]5NC(=O)OC)n5ccnc5)CC4)C3)cc2)nc1. The molecule has 51 heavy (non-hydrogen) atoms. The summed E-state index contributed by atoms with van der Waals surface area (Å²) in [5.74, 6) is 0.450. The van der Waals surface area contributed by atoms with Gasteiger partial charge < -0.3 is 24.4 Å². The molecule has 1 N–H and O–H groups in total. The van der Waals surface area contributed by atoms with E-state index >= 15 is 0 Å². The summed E-state index contributed by atoms with van der Waals surface area (Å²) in [6, 6.07) is 17.1. The van der Waals surface area contributed by atoms with Crippen LogP contribution in [-0.2, 0) is 20.1 Å². The number of imidazole rings is 1. The van der Waals surface area contributed by atoms with Crippen LogP contribution in [0.1, 0.15) is 43.2 Å². The number of nitrogens with one attached hydrogen (secondary N) is 1. The van der Waals surface area contributed by atoms with Crippen LogP contribution in [-0.4, -0.2) is 79.8 Å². The third kappa shape index (κ3) is 6.79. The third-order valence-electron chi connectivity index (χ3n) is 11.3. The number of alkyl carbamates (subject to hydrolysis) is 1. The number of hydrogen-bond acceptors (Lipinski definition) is 8. The van der Waals surface area contributed by atoms with Crippen LogP contribution in [0.15, 0.2) is 102 Å². The van der Waals surface area contributed by atoms with Crippen LogP contribution in [0.3, 0.4) is 0 Å². The Morgan fingerprint density at radius 2 is 1.86 bits per heavy atom. The van der Waals surface area contributed by atoms with Gasteiger partial charge in [-0.3, -0.25) is 0 Å². The van der Waals surface area contributed by atoms with Gasteiger partial charge in [0.15, 0.2) is 5.03 Å². The Morgan fingerprint density at radius 1 is 1.08 bits per heavy atom. The number of anilines is 1. The van der Waals surface area contributed by atoms with E-state index in [0.29, 0.717) is 5.92 Å². The fraction of sp³-hybridized carbons (Fsp3) is 0.410. The number of sulfone groups is 1. The monoisotopic (exact) mass is 712 g/mol. The molecule has 4 heterocycles. The van der Waals surface area contributed by atoms with E-state index in [1.807, 2.05) is 30.7 Å². The second kappa shape index (κ2) is 14.6. The van der Waals surface area contributed by atoms with Crippen molar-refractivity contribution < 1.29 is 22.3 Å². The van der Waals surface area contributed by atoms with Gasteiger partial charge in [0.2, 0.25) is 9.84 Å². The van der Waals surface area contributed by atoms with Crippen LogP contribution >= 0.6 is 0 Å². The van der Waals surface area contributed by atoms with Gasteiger partial charge in [0.25, 0.3) is 0 Å². The highest BCUT2D eigenvalue weighted by Crippen LogP contribution is 2.51. The number of pyridine rings is 1. The normalized spacial score (nSPS) is 21.5. The predicted molar refractivity (Wildman–Crippen MR) is 193 cm³/mol. The van der Waals surface area contributed by atoms with Crippen molar-refractivity contribution in [1.29, 1.82) is 0 Å². The lowest BCUT2D eigenvalue weighted by atomic mass is 9.64. The molecule has 2 aromatic carbocycles. The van der Waals surface area contributed by atoms with Crippen LogP contribution in [0.2, 0.25) is 0 Å². The van der Waals surface area contributed by atoms with Crippen molar-refractivity contribution in [3.63, 3.8) is 0 Å². The van der Waals surface area contributed by atoms with Gasteiger partial charge in [-0.1, -0.05) is 37.3 Å². The molecule has 12 heteroatoms. The molecule has 1 saturated carbocycles. The Balaban J connectivity index is 1.02. The lowest BCUT2D eigenvalue weighted by Crippen LogP contribution is -2.57. The molecule has 2 aromatic heterocycles. The molecule has 1 aliphatic carbocycles. The number of halogens is 1. The first-order chi connectivity index (χ1) is 24.7. The quantitative estimate of drug-likeness (QED) is 0.202. The maximum atomic E-state index is 15.0. The summed E-state index contributed by atoms with van der Waals surface area (Å²) < 4.78 is 48.4. The van der Waals surface area contributed by atoms with Crippen molar-refractivity contribution in [2.75, 3.05) is 44.7 Å². The molecule has 7 rings (SSSR count). The summed E-state index contributed by atoms with van der Waals surface area (Å²) in [7, 11) is -2.32. The largest absolute Gasteiger partial charge is 0.453 e. The molecule has 3 fully saturated rings. The molecule has 10 nitrogen and oxygen atoms in total. The highest BCUT2D eigenvalue weighted by molar-refractivity contribution is 7.91. The number of likely N-dealkylation sites (tertiary alicyclic amines) is 1. The number of methoxy groups -OCH3 is 1. The number of ether oxygens (including phenoxy) is 1. The highest BCUT2D eigenvalue weighted by Gasteiger charge is 2.53. The number of piperidine rings is 1. The Kier molecular flexibility index (Phi) is 9.98. The lowest BCUT2D eigenvalue weighted by molar-refractivity contribution is 0.0469. The van der Waals surface area contributed by atoms with Gasteiger partial charge in [0.1, 0.15) is 5.82 Å². The summed E-state index contributed by atoms with van der Waals surface area (Å²) >= 11 is 0. The number of rotatable bonds is 11. The molecular weight excluding hydrogens is 668 g/mol. The molecule has 0 spiro atoms. The number of carbonyl (C=O) groups is 1. The first-order valence-corrected chi connectivity index (χ1v) is 19.2. The third-order valence-corrected chi connectivity index (χ3v) is 12.9. The van der Waals surface area contributed by atoms with Crippen LogP contribution < -0.4 is 10.2 Å². The van der Waals surface area contributed by atoms with Gasteiger partial charge in [-0.05, 0) is 98.3 Å². The molecule has 268 valence electrons. The van der Waals surface area contributed by atoms with Gasteiger partial charge in [0.05, 0.1) is 23.9 Å². The van der Waals surface area contributed by atoms with Crippen molar-refractivity contribution in [2.45, 2.75) is 53.6 Å². The highest BCUT2D eigenvalue weighted by atomic mass is 32.2. The summed E-state index contributed by atoms with van der Waals surface area (Å²) in [6.07, 6.45) is 12.9. The molecule has 2 aliphatic heterocycles. The topological polar surface area (TPSA) is 110 Å². The molecule has 0 bridgehead atoms. The van der Waals surface area contributed by atoms with E-state index in [9.17, 15) is 17.6 Å². The molecule has 1 amide bonds. The number of benzene rings is 2. The van der Waals surface area contributed by atoms with E-state index in [1.165, 1.54) is 25.4 Å². The second-order valence-electron chi connectivity index (χ2n) is 14.1. The summed E-state index contributed by atoms with van der Waals surface area (Å²) in [5.41, 5.74) is 2.09. The molecule has 3 atom stereocenters. The average molecular weight is 713 g/mol. The van der Waals surface area contributed by atoms with Gasteiger partial charge in [-0.25, -0.2) is 27.6 Å². The summed E-state index contributed by atoms with van der Waals surface area (Å²) in [5, 5.41) is 3.14. The standard InChI is InChI=1S/C39H45FN6O4S/c1-3-28-10-15-37(42-23-28)51(48,49)34-13-11-33(12-14-34)45-25-29(26-45)24-44-19-16-30(17-20-44)39(46-21-18-41-27-46,31-6-4-7-32(40)22-31)35-8-5-9-36(35)43-38(47)50-2/h3-4,6-7,10-15,18,21-23,27,29-30,35-36H,1,5,8-9,16-17,19-20,24-26H2,2H3,(H,43,47)/t35-,36-,39?/m0/s1. The van der Waals surface area contributed by atoms with Crippen LogP contribution in [0, 0.1) is 23.6 Å². The number of nitrogens with zero attached hydrogens (tertiary/aromatic N) is 5. The van der Waals surface area contributed by atoms with Gasteiger partial charge in [-0.15, -0.1) is 0 Å². The van der Waals surface area contributed by atoms with Gasteiger partial charge in [-0.2, -0.15) is 0 Å². The van der Waals surface area contributed by atoms with E-state index in [1.54, 1.807) is 42.6 Å². The van der Waals surface area contributed by atoms with E-state index < -0.39 is 21.5 Å². The number of amides is 1. The van der Waals surface area contributed by atoms with Crippen molar-refractivity contribution in [2.24, 2.45) is 17.8 Å². The average Bonchev–Trinajstić information content (AvgIpc) is 3.85. The zero-order valence-corrected chi connectivity index (χ0v) is 29.7. The van der Waals surface area contributed by atoms with Crippen molar-refractivity contribution in [3.05, 3.63) is 109 Å². The zero-order valence-electron chi connectivity index (χ0n) is 28.9. The minimum absolute atomic E-state index is 0.0211. The first kappa shape index (κ1) is 34.9. The Hall–Kier alpha value is -4.55. The fourth-order valence-electron chi connectivity index (χ4n) is 8.83. The molecule has 0 radical (unpaired) electrons. The summed E-state index contributed by atoms with van der Waals surface area (Å²) in [6.45, 7) is 8.32. The van der Waals surface area contributed by atoms with E-state index in [0.717, 1.165) is 81.6 Å². The fourth-order valence-corrected chi connectivity index (χ4v) is 10.0. The Labute approximate surface area is 299 Å². The number of hydrogen-bond donors (Lipinski definition) is 1. The number of aromatic nitrogens is 3. The van der Waals surface area contributed by atoms with Crippen molar-refractivity contribution in [1.82, 2.24) is 24.8 Å². The minimum atomic E-state index is -3.71. The first-order valence-electron chi connectivity index (χ1n) is 17.7. The van der Waals surface area contributed by atoms with Crippen molar-refractivity contribution >= 4 is 27.7 Å². The molecular formula is C39H45FN6O4S. The maximum absolute atomic E-state index is 15.0.